The molecule has 1 aromatic heterocycles. The Morgan fingerprint density at radius 2 is 2.29 bits per heavy atom. The number of piperazine rings is 1. The number of alkyl halides is 2. The van der Waals surface area contributed by atoms with Crippen molar-refractivity contribution in [2.45, 2.75) is 19.0 Å². The van der Waals surface area contributed by atoms with Crippen LogP contribution in [0.15, 0.2) is 18.3 Å². The molecule has 1 aliphatic heterocycles. The standard InChI is InChI=1S/C13H18F2N4O2/c1-16-12(20)10-7-17-4-6-19(10)13(21)9-3-2-5-18(9)8-11(14)15/h2-3,5,10-11,17H,4,6-8H2,1H3,(H,16,20). The van der Waals surface area contributed by atoms with E-state index < -0.39 is 24.9 Å². The minimum Gasteiger partial charge on any atom is -0.357 e. The summed E-state index contributed by atoms with van der Waals surface area (Å²) in [5.74, 6) is -0.682. The fourth-order valence-corrected chi connectivity index (χ4v) is 2.41. The fraction of sp³-hybridized carbons (Fsp3) is 0.538. The lowest BCUT2D eigenvalue weighted by molar-refractivity contribution is -0.125. The number of halogens is 2. The summed E-state index contributed by atoms with van der Waals surface area (Å²) in [5, 5.41) is 5.56. The van der Waals surface area contributed by atoms with E-state index in [1.165, 1.54) is 28.8 Å². The van der Waals surface area contributed by atoms with E-state index in [1.54, 1.807) is 6.07 Å². The smallest absolute Gasteiger partial charge is 0.271 e. The number of aromatic nitrogens is 1. The van der Waals surface area contributed by atoms with Gasteiger partial charge in [0.1, 0.15) is 11.7 Å². The van der Waals surface area contributed by atoms with Crippen LogP contribution in [0.5, 0.6) is 0 Å². The molecule has 1 fully saturated rings. The number of hydrogen-bond donors (Lipinski definition) is 2. The number of amides is 2. The highest BCUT2D eigenvalue weighted by Crippen LogP contribution is 2.13. The number of rotatable bonds is 4. The van der Waals surface area contributed by atoms with E-state index in [2.05, 4.69) is 10.6 Å². The summed E-state index contributed by atoms with van der Waals surface area (Å²) in [6.45, 7) is 0.733. The van der Waals surface area contributed by atoms with Crippen LogP contribution in [0.3, 0.4) is 0 Å². The van der Waals surface area contributed by atoms with Crippen molar-refractivity contribution in [3.05, 3.63) is 24.0 Å². The van der Waals surface area contributed by atoms with Crippen LogP contribution in [0.25, 0.3) is 0 Å². The lowest BCUT2D eigenvalue weighted by Crippen LogP contribution is -2.59. The quantitative estimate of drug-likeness (QED) is 0.817. The van der Waals surface area contributed by atoms with Crippen LogP contribution >= 0.6 is 0 Å². The van der Waals surface area contributed by atoms with Gasteiger partial charge in [-0.25, -0.2) is 8.78 Å². The maximum Gasteiger partial charge on any atom is 0.271 e. The zero-order valence-electron chi connectivity index (χ0n) is 11.7. The minimum absolute atomic E-state index is 0.172. The lowest BCUT2D eigenvalue weighted by atomic mass is 10.1. The molecule has 0 spiro atoms. The zero-order chi connectivity index (χ0) is 15.4. The molecule has 2 heterocycles. The molecule has 8 heteroatoms. The van der Waals surface area contributed by atoms with Crippen molar-refractivity contribution in [2.24, 2.45) is 0 Å². The predicted octanol–water partition coefficient (Wildman–Crippen LogP) is -0.0868. The second kappa shape index (κ2) is 6.66. The molecule has 2 N–H and O–H groups in total. The third-order valence-electron chi connectivity index (χ3n) is 3.44. The first kappa shape index (κ1) is 15.4. The normalized spacial score (nSPS) is 18.9. The molecule has 1 unspecified atom stereocenters. The van der Waals surface area contributed by atoms with E-state index in [9.17, 15) is 18.4 Å². The number of hydrogen-bond acceptors (Lipinski definition) is 3. The van der Waals surface area contributed by atoms with E-state index in [0.29, 0.717) is 19.6 Å². The van der Waals surface area contributed by atoms with Gasteiger partial charge >= 0.3 is 0 Å². The van der Waals surface area contributed by atoms with Gasteiger partial charge in [-0.05, 0) is 12.1 Å². The summed E-state index contributed by atoms with van der Waals surface area (Å²) in [6, 6.07) is 2.41. The Kier molecular flexibility index (Phi) is 4.89. The molecule has 1 atom stereocenters. The molecule has 0 radical (unpaired) electrons. The van der Waals surface area contributed by atoms with Crippen LogP contribution in [0.1, 0.15) is 10.5 Å². The first-order chi connectivity index (χ1) is 10.0. The Balaban J connectivity index is 2.21. The molecular formula is C13H18F2N4O2. The number of carbonyl (C=O) groups is 2. The van der Waals surface area contributed by atoms with Crippen LogP contribution in [0, 0.1) is 0 Å². The van der Waals surface area contributed by atoms with Gasteiger partial charge in [-0.3, -0.25) is 9.59 Å². The van der Waals surface area contributed by atoms with Crippen LogP contribution in [0.4, 0.5) is 8.78 Å². The van der Waals surface area contributed by atoms with E-state index in [-0.39, 0.29) is 11.6 Å². The molecule has 6 nitrogen and oxygen atoms in total. The van der Waals surface area contributed by atoms with Gasteiger partial charge in [-0.1, -0.05) is 0 Å². The first-order valence-corrected chi connectivity index (χ1v) is 6.71. The summed E-state index contributed by atoms with van der Waals surface area (Å²) in [7, 11) is 1.50. The molecule has 2 rings (SSSR count). The molecule has 0 saturated carbocycles. The Labute approximate surface area is 121 Å². The van der Waals surface area contributed by atoms with Crippen LogP contribution in [0.2, 0.25) is 0 Å². The average Bonchev–Trinajstić information content (AvgIpc) is 2.93. The maximum absolute atomic E-state index is 12.5. The van der Waals surface area contributed by atoms with E-state index in [1.807, 2.05) is 0 Å². The average molecular weight is 300 g/mol. The van der Waals surface area contributed by atoms with Crippen LogP contribution in [-0.4, -0.2) is 60.4 Å². The summed E-state index contributed by atoms with van der Waals surface area (Å²) < 4.78 is 26.3. The van der Waals surface area contributed by atoms with Crippen molar-refractivity contribution in [2.75, 3.05) is 26.7 Å². The van der Waals surface area contributed by atoms with E-state index in [0.717, 1.165) is 0 Å². The number of likely N-dealkylation sites (N-methyl/N-ethyl adjacent to an activating group) is 1. The van der Waals surface area contributed by atoms with Crippen LogP contribution < -0.4 is 10.6 Å². The van der Waals surface area contributed by atoms with Gasteiger partial charge in [-0.15, -0.1) is 0 Å². The molecule has 0 aromatic carbocycles. The van der Waals surface area contributed by atoms with Crippen molar-refractivity contribution in [3.8, 4) is 0 Å². The molecule has 116 valence electrons. The van der Waals surface area contributed by atoms with E-state index in [4.69, 9.17) is 0 Å². The Bertz CT molecular complexity index is 518. The van der Waals surface area contributed by atoms with Gasteiger partial charge in [-0.2, -0.15) is 0 Å². The van der Waals surface area contributed by atoms with Gasteiger partial charge in [0.25, 0.3) is 12.3 Å². The predicted molar refractivity (Wildman–Crippen MR) is 72.2 cm³/mol. The molecule has 21 heavy (non-hydrogen) atoms. The summed E-state index contributed by atoms with van der Waals surface area (Å²) in [4.78, 5) is 25.8. The molecule has 0 bridgehead atoms. The Morgan fingerprint density at radius 1 is 1.52 bits per heavy atom. The van der Waals surface area contributed by atoms with Crippen molar-refractivity contribution < 1.29 is 18.4 Å². The van der Waals surface area contributed by atoms with Crippen molar-refractivity contribution in [1.29, 1.82) is 0 Å². The third-order valence-corrected chi connectivity index (χ3v) is 3.44. The molecule has 1 saturated heterocycles. The summed E-state index contributed by atoms with van der Waals surface area (Å²) >= 11 is 0. The van der Waals surface area contributed by atoms with Gasteiger partial charge in [0.05, 0.1) is 6.54 Å². The topological polar surface area (TPSA) is 66.4 Å². The third kappa shape index (κ3) is 3.38. The van der Waals surface area contributed by atoms with Gasteiger partial charge in [0.2, 0.25) is 5.91 Å². The highest BCUT2D eigenvalue weighted by atomic mass is 19.3. The Hall–Kier alpha value is -1.96. The number of nitrogens with zero attached hydrogens (tertiary/aromatic N) is 2. The van der Waals surface area contributed by atoms with Crippen molar-refractivity contribution in [3.63, 3.8) is 0 Å². The molecule has 1 aliphatic rings. The molecule has 2 amide bonds. The highest BCUT2D eigenvalue weighted by molar-refractivity contribution is 5.96. The molecular weight excluding hydrogens is 282 g/mol. The number of nitrogens with one attached hydrogen (secondary N) is 2. The first-order valence-electron chi connectivity index (χ1n) is 6.71. The van der Waals surface area contributed by atoms with E-state index >= 15 is 0 Å². The minimum atomic E-state index is -2.54. The highest BCUT2D eigenvalue weighted by Gasteiger charge is 2.33. The lowest BCUT2D eigenvalue weighted by Gasteiger charge is -2.35. The zero-order valence-corrected chi connectivity index (χ0v) is 11.7. The molecule has 0 aliphatic carbocycles. The van der Waals surface area contributed by atoms with Crippen LogP contribution in [-0.2, 0) is 11.3 Å². The Morgan fingerprint density at radius 3 is 2.95 bits per heavy atom. The SMILES string of the molecule is CNC(=O)C1CNCCN1C(=O)c1cccn1CC(F)F. The second-order valence-electron chi connectivity index (χ2n) is 4.77. The summed E-state index contributed by atoms with van der Waals surface area (Å²) in [6.07, 6.45) is -1.10. The maximum atomic E-state index is 12.5. The van der Waals surface area contributed by atoms with Gasteiger partial charge in [0, 0.05) is 32.9 Å². The fourth-order valence-electron chi connectivity index (χ4n) is 2.41. The van der Waals surface area contributed by atoms with Gasteiger partial charge in [0.15, 0.2) is 0 Å². The van der Waals surface area contributed by atoms with Crippen molar-refractivity contribution in [1.82, 2.24) is 20.1 Å². The van der Waals surface area contributed by atoms with Crippen molar-refractivity contribution >= 4 is 11.8 Å². The second-order valence-corrected chi connectivity index (χ2v) is 4.77. The summed E-state index contributed by atoms with van der Waals surface area (Å²) in [5.41, 5.74) is 0.172. The molecule has 1 aromatic rings. The monoisotopic (exact) mass is 300 g/mol. The number of carbonyl (C=O) groups excluding carboxylic acids is 2. The van der Waals surface area contributed by atoms with Gasteiger partial charge < -0.3 is 20.1 Å². The largest absolute Gasteiger partial charge is 0.357 e.